The number of sulfone groups is 1. The lowest BCUT2D eigenvalue weighted by molar-refractivity contribution is 0.414. The van der Waals surface area contributed by atoms with Crippen molar-refractivity contribution >= 4 is 9.84 Å². The van der Waals surface area contributed by atoms with Gasteiger partial charge in [0.05, 0.1) is 17.8 Å². The van der Waals surface area contributed by atoms with E-state index in [4.69, 9.17) is 10.5 Å². The first-order valence-corrected chi connectivity index (χ1v) is 6.73. The van der Waals surface area contributed by atoms with Gasteiger partial charge in [-0.2, -0.15) is 0 Å². The van der Waals surface area contributed by atoms with Crippen LogP contribution in [0.1, 0.15) is 13.3 Å². The van der Waals surface area contributed by atoms with Crippen molar-refractivity contribution in [1.82, 2.24) is 0 Å². The molecule has 1 atom stereocenters. The maximum Gasteiger partial charge on any atom is 0.178 e. The van der Waals surface area contributed by atoms with Gasteiger partial charge >= 0.3 is 0 Å². The molecule has 0 spiro atoms. The van der Waals surface area contributed by atoms with E-state index in [0.717, 1.165) is 0 Å². The second kappa shape index (κ2) is 5.32. The van der Waals surface area contributed by atoms with Crippen LogP contribution in [0.5, 0.6) is 5.75 Å². The van der Waals surface area contributed by atoms with E-state index in [2.05, 4.69) is 0 Å². The van der Waals surface area contributed by atoms with E-state index < -0.39 is 9.84 Å². The van der Waals surface area contributed by atoms with Gasteiger partial charge in [0.25, 0.3) is 0 Å². The molecule has 0 amide bonds. The SMILES string of the molecule is COc1ccc(S(=O)(=O)CCC(C)N)cc1. The molecule has 16 heavy (non-hydrogen) atoms. The summed E-state index contributed by atoms with van der Waals surface area (Å²) < 4.78 is 28.6. The monoisotopic (exact) mass is 243 g/mol. The Kier molecular flexibility index (Phi) is 4.32. The van der Waals surface area contributed by atoms with Crippen molar-refractivity contribution in [3.63, 3.8) is 0 Å². The molecule has 0 radical (unpaired) electrons. The molecule has 1 rings (SSSR count). The number of hydrogen-bond acceptors (Lipinski definition) is 4. The summed E-state index contributed by atoms with van der Waals surface area (Å²) in [5, 5.41) is 0. The highest BCUT2D eigenvalue weighted by molar-refractivity contribution is 7.91. The van der Waals surface area contributed by atoms with Crippen LogP contribution in [-0.2, 0) is 9.84 Å². The average Bonchev–Trinajstić information content (AvgIpc) is 2.27. The molecule has 0 heterocycles. The minimum atomic E-state index is -3.22. The lowest BCUT2D eigenvalue weighted by Gasteiger charge is -2.07. The number of hydrogen-bond donors (Lipinski definition) is 1. The molecule has 1 unspecified atom stereocenters. The maximum atomic E-state index is 11.8. The fourth-order valence-electron chi connectivity index (χ4n) is 1.24. The lowest BCUT2D eigenvalue weighted by Crippen LogP contribution is -2.20. The Morgan fingerprint density at radius 2 is 1.88 bits per heavy atom. The van der Waals surface area contributed by atoms with Gasteiger partial charge in [0.1, 0.15) is 5.75 Å². The third-order valence-electron chi connectivity index (χ3n) is 2.26. The van der Waals surface area contributed by atoms with E-state index >= 15 is 0 Å². The van der Waals surface area contributed by atoms with E-state index in [1.807, 2.05) is 0 Å². The number of methoxy groups -OCH3 is 1. The number of nitrogens with two attached hydrogens (primary N) is 1. The van der Waals surface area contributed by atoms with Crippen molar-refractivity contribution in [2.24, 2.45) is 5.73 Å². The van der Waals surface area contributed by atoms with E-state index in [1.54, 1.807) is 38.3 Å². The summed E-state index contributed by atoms with van der Waals surface area (Å²) in [5.41, 5.74) is 5.54. The second-order valence-corrected chi connectivity index (χ2v) is 5.87. The van der Waals surface area contributed by atoms with Gasteiger partial charge < -0.3 is 10.5 Å². The normalized spacial score (nSPS) is 13.4. The average molecular weight is 243 g/mol. The lowest BCUT2D eigenvalue weighted by atomic mass is 10.3. The summed E-state index contributed by atoms with van der Waals surface area (Å²) in [7, 11) is -1.67. The molecule has 0 bridgehead atoms. The summed E-state index contributed by atoms with van der Waals surface area (Å²) in [6.45, 7) is 1.80. The topological polar surface area (TPSA) is 69.4 Å². The Bertz CT molecular complexity index is 423. The molecule has 90 valence electrons. The van der Waals surface area contributed by atoms with E-state index in [0.29, 0.717) is 17.1 Å². The van der Waals surface area contributed by atoms with Crippen molar-refractivity contribution in [3.8, 4) is 5.75 Å². The van der Waals surface area contributed by atoms with Gasteiger partial charge in [0, 0.05) is 6.04 Å². The van der Waals surface area contributed by atoms with Gasteiger partial charge in [-0.1, -0.05) is 0 Å². The Balaban J connectivity index is 2.82. The fraction of sp³-hybridized carbons (Fsp3) is 0.455. The molecule has 0 saturated carbocycles. The molecular weight excluding hydrogens is 226 g/mol. The second-order valence-electron chi connectivity index (χ2n) is 3.76. The molecule has 0 aromatic heterocycles. The molecular formula is C11H17NO3S. The molecule has 0 aliphatic carbocycles. The highest BCUT2D eigenvalue weighted by atomic mass is 32.2. The predicted molar refractivity (Wildman–Crippen MR) is 63.3 cm³/mol. The van der Waals surface area contributed by atoms with E-state index in [-0.39, 0.29) is 11.8 Å². The van der Waals surface area contributed by atoms with Crippen molar-refractivity contribution in [2.75, 3.05) is 12.9 Å². The zero-order valence-corrected chi connectivity index (χ0v) is 10.3. The van der Waals surface area contributed by atoms with Crippen LogP contribution in [0.25, 0.3) is 0 Å². The Morgan fingerprint density at radius 3 is 2.31 bits per heavy atom. The minimum Gasteiger partial charge on any atom is -0.497 e. The number of rotatable bonds is 5. The van der Waals surface area contributed by atoms with Crippen LogP contribution in [0.4, 0.5) is 0 Å². The molecule has 2 N–H and O–H groups in total. The van der Waals surface area contributed by atoms with Gasteiger partial charge in [-0.15, -0.1) is 0 Å². The molecule has 0 aliphatic heterocycles. The van der Waals surface area contributed by atoms with Crippen LogP contribution >= 0.6 is 0 Å². The molecule has 1 aromatic rings. The van der Waals surface area contributed by atoms with Crippen LogP contribution in [-0.4, -0.2) is 27.3 Å². The van der Waals surface area contributed by atoms with Gasteiger partial charge in [-0.3, -0.25) is 0 Å². The van der Waals surface area contributed by atoms with Gasteiger partial charge in [-0.05, 0) is 37.6 Å². The third-order valence-corrected chi connectivity index (χ3v) is 4.02. The van der Waals surface area contributed by atoms with Crippen molar-refractivity contribution in [2.45, 2.75) is 24.3 Å². The Morgan fingerprint density at radius 1 is 1.31 bits per heavy atom. The summed E-state index contributed by atoms with van der Waals surface area (Å²) >= 11 is 0. The summed E-state index contributed by atoms with van der Waals surface area (Å²) in [6.07, 6.45) is 0.467. The Labute approximate surface area is 96.3 Å². The highest BCUT2D eigenvalue weighted by Crippen LogP contribution is 2.17. The smallest absolute Gasteiger partial charge is 0.178 e. The van der Waals surface area contributed by atoms with Crippen LogP contribution in [0, 0.1) is 0 Å². The molecule has 0 saturated heterocycles. The van der Waals surface area contributed by atoms with Crippen molar-refractivity contribution in [3.05, 3.63) is 24.3 Å². The summed E-state index contributed by atoms with van der Waals surface area (Å²) in [4.78, 5) is 0.314. The van der Waals surface area contributed by atoms with Crippen LogP contribution in [0.2, 0.25) is 0 Å². The zero-order valence-electron chi connectivity index (χ0n) is 9.51. The fourth-order valence-corrected chi connectivity index (χ4v) is 2.71. The maximum absolute atomic E-state index is 11.8. The van der Waals surface area contributed by atoms with Crippen LogP contribution < -0.4 is 10.5 Å². The summed E-state index contributed by atoms with van der Waals surface area (Å²) in [5.74, 6) is 0.725. The van der Waals surface area contributed by atoms with Crippen LogP contribution in [0.3, 0.4) is 0 Å². The summed E-state index contributed by atoms with van der Waals surface area (Å²) in [6, 6.07) is 6.27. The quantitative estimate of drug-likeness (QED) is 0.843. The van der Waals surface area contributed by atoms with Crippen LogP contribution in [0.15, 0.2) is 29.2 Å². The van der Waals surface area contributed by atoms with E-state index in [9.17, 15) is 8.42 Å². The van der Waals surface area contributed by atoms with Crippen molar-refractivity contribution < 1.29 is 13.2 Å². The van der Waals surface area contributed by atoms with Crippen molar-refractivity contribution in [1.29, 1.82) is 0 Å². The zero-order chi connectivity index (χ0) is 12.2. The predicted octanol–water partition coefficient (Wildman–Crippen LogP) is 1.21. The number of benzene rings is 1. The van der Waals surface area contributed by atoms with Gasteiger partial charge in [-0.25, -0.2) is 8.42 Å². The minimum absolute atomic E-state index is 0.0804. The number of ether oxygens (including phenoxy) is 1. The van der Waals surface area contributed by atoms with E-state index in [1.165, 1.54) is 0 Å². The molecule has 0 aliphatic rings. The first-order valence-electron chi connectivity index (χ1n) is 5.08. The first-order chi connectivity index (χ1) is 7.45. The standard InChI is InChI=1S/C11H17NO3S/c1-9(12)7-8-16(13,14)11-5-3-10(15-2)4-6-11/h3-6,9H,7-8,12H2,1-2H3. The largest absolute Gasteiger partial charge is 0.497 e. The molecule has 4 nitrogen and oxygen atoms in total. The molecule has 1 aromatic carbocycles. The van der Waals surface area contributed by atoms with Gasteiger partial charge in [0.2, 0.25) is 0 Å². The molecule has 0 fully saturated rings. The highest BCUT2D eigenvalue weighted by Gasteiger charge is 2.14. The molecule has 5 heteroatoms. The van der Waals surface area contributed by atoms with Gasteiger partial charge in [0.15, 0.2) is 9.84 Å². The Hall–Kier alpha value is -1.07. The first kappa shape index (κ1) is 13.0. The third kappa shape index (κ3) is 3.50.